The average Bonchev–Trinajstić information content (AvgIpc) is 2.76. The highest BCUT2D eigenvalue weighted by Crippen LogP contribution is 2.49. The minimum atomic E-state index is -0.647. The lowest BCUT2D eigenvalue weighted by atomic mass is 9.78. The van der Waals surface area contributed by atoms with Crippen LogP contribution in [0.15, 0.2) is 6.20 Å². The lowest BCUT2D eigenvalue weighted by molar-refractivity contribution is 0.0473. The molecule has 2 unspecified atom stereocenters. The molecule has 1 saturated carbocycles. The molecule has 1 aliphatic carbocycles. The van der Waals surface area contributed by atoms with Gasteiger partial charge in [0.25, 0.3) is 0 Å². The maximum absolute atomic E-state index is 10.6. The van der Waals surface area contributed by atoms with Crippen LogP contribution in [0.5, 0.6) is 11.8 Å². The van der Waals surface area contributed by atoms with Crippen LogP contribution in [0.4, 0.5) is 0 Å². The number of rotatable bonds is 4. The number of hydrogen-bond donors (Lipinski definition) is 1. The van der Waals surface area contributed by atoms with Crippen molar-refractivity contribution >= 4 is 0 Å². The van der Waals surface area contributed by atoms with Gasteiger partial charge in [-0.3, -0.25) is 0 Å². The summed E-state index contributed by atoms with van der Waals surface area (Å²) in [6.45, 7) is 4.38. The molecule has 1 aromatic heterocycles. The van der Waals surface area contributed by atoms with Crippen LogP contribution in [-0.4, -0.2) is 29.3 Å². The second-order valence-electron chi connectivity index (χ2n) is 5.74. The molecule has 0 amide bonds. The molecule has 19 heavy (non-hydrogen) atoms. The van der Waals surface area contributed by atoms with Crippen LogP contribution in [0.3, 0.4) is 0 Å². The summed E-state index contributed by atoms with van der Waals surface area (Å²) in [6, 6.07) is 0. The third-order valence-corrected chi connectivity index (χ3v) is 4.15. The predicted octanol–water partition coefficient (Wildman–Crippen LogP) is 2.35. The van der Waals surface area contributed by atoms with E-state index < -0.39 is 6.10 Å². The number of aliphatic hydroxyl groups is 1. The van der Waals surface area contributed by atoms with E-state index in [1.807, 2.05) is 0 Å². The highest BCUT2D eigenvalue weighted by Gasteiger charge is 2.41. The van der Waals surface area contributed by atoms with E-state index in [1.165, 1.54) is 20.4 Å². The first kappa shape index (κ1) is 14.1. The van der Waals surface area contributed by atoms with Crippen molar-refractivity contribution in [1.29, 1.82) is 0 Å². The summed E-state index contributed by atoms with van der Waals surface area (Å²) in [7, 11) is 3.05. The van der Waals surface area contributed by atoms with E-state index in [4.69, 9.17) is 9.47 Å². The largest absolute Gasteiger partial charge is 0.480 e. The molecule has 5 nitrogen and oxygen atoms in total. The quantitative estimate of drug-likeness (QED) is 0.906. The topological polar surface area (TPSA) is 64.5 Å². The Bertz CT molecular complexity index is 448. The van der Waals surface area contributed by atoms with Gasteiger partial charge in [0.1, 0.15) is 11.8 Å². The molecule has 0 saturated heterocycles. The van der Waals surface area contributed by atoms with E-state index in [-0.39, 0.29) is 11.3 Å². The van der Waals surface area contributed by atoms with Gasteiger partial charge in [-0.2, -0.15) is 4.98 Å². The minimum absolute atomic E-state index is 0.117. The monoisotopic (exact) mass is 266 g/mol. The number of aromatic nitrogens is 2. The van der Waals surface area contributed by atoms with Gasteiger partial charge in [-0.25, -0.2) is 4.98 Å². The van der Waals surface area contributed by atoms with Gasteiger partial charge in [-0.1, -0.05) is 20.3 Å². The van der Waals surface area contributed by atoms with Gasteiger partial charge in [-0.15, -0.1) is 0 Å². The van der Waals surface area contributed by atoms with E-state index in [0.717, 1.165) is 19.3 Å². The summed E-state index contributed by atoms with van der Waals surface area (Å²) in [5.74, 6) is 0.914. The molecule has 2 rings (SSSR count). The average molecular weight is 266 g/mol. The Morgan fingerprint density at radius 3 is 2.63 bits per heavy atom. The van der Waals surface area contributed by atoms with E-state index in [2.05, 4.69) is 23.8 Å². The lowest BCUT2D eigenvalue weighted by Gasteiger charge is -2.31. The Labute approximate surface area is 114 Å². The zero-order valence-electron chi connectivity index (χ0n) is 12.0. The van der Waals surface area contributed by atoms with Crippen molar-refractivity contribution in [1.82, 2.24) is 9.97 Å². The Morgan fingerprint density at radius 2 is 2.11 bits per heavy atom. The summed E-state index contributed by atoms with van der Waals surface area (Å²) in [5, 5.41) is 10.6. The Kier molecular flexibility index (Phi) is 3.94. The van der Waals surface area contributed by atoms with Crippen LogP contribution in [0.25, 0.3) is 0 Å². The first-order chi connectivity index (χ1) is 8.99. The molecular weight excluding hydrogens is 244 g/mol. The van der Waals surface area contributed by atoms with E-state index >= 15 is 0 Å². The fraction of sp³-hybridized carbons (Fsp3) is 0.714. The van der Waals surface area contributed by atoms with E-state index in [1.54, 1.807) is 0 Å². The molecule has 0 aromatic carbocycles. The van der Waals surface area contributed by atoms with Crippen molar-refractivity contribution < 1.29 is 14.6 Å². The summed E-state index contributed by atoms with van der Waals surface area (Å²) < 4.78 is 10.2. The maximum Gasteiger partial charge on any atom is 0.241 e. The molecule has 0 bridgehead atoms. The summed E-state index contributed by atoms with van der Waals surface area (Å²) in [5.41, 5.74) is 0.620. The van der Waals surface area contributed by atoms with Crippen LogP contribution in [0, 0.1) is 11.3 Å². The molecule has 0 spiro atoms. The Balaban J connectivity index is 2.30. The van der Waals surface area contributed by atoms with Crippen LogP contribution in [0.1, 0.15) is 44.9 Å². The molecule has 1 aromatic rings. The molecule has 2 atom stereocenters. The molecule has 1 N–H and O–H groups in total. The number of nitrogens with zero attached hydrogens (tertiary/aromatic N) is 2. The number of hydrogen-bond acceptors (Lipinski definition) is 5. The van der Waals surface area contributed by atoms with Crippen LogP contribution in [0.2, 0.25) is 0 Å². The van der Waals surface area contributed by atoms with Gasteiger partial charge < -0.3 is 14.6 Å². The summed E-state index contributed by atoms with van der Waals surface area (Å²) >= 11 is 0. The highest BCUT2D eigenvalue weighted by molar-refractivity contribution is 5.25. The van der Waals surface area contributed by atoms with Crippen molar-refractivity contribution in [2.45, 2.75) is 39.2 Å². The smallest absolute Gasteiger partial charge is 0.241 e. The third kappa shape index (κ3) is 2.66. The van der Waals surface area contributed by atoms with Crippen molar-refractivity contribution in [2.24, 2.45) is 11.3 Å². The molecule has 1 fully saturated rings. The van der Waals surface area contributed by atoms with Crippen LogP contribution < -0.4 is 9.47 Å². The standard InChI is InChI=1S/C14H22N2O3/c1-14(2)7-5-6-9(14)12(17)11-13(19-4)16-10(18-3)8-15-11/h8-9,12,17H,5-7H2,1-4H3. The lowest BCUT2D eigenvalue weighted by Crippen LogP contribution is -2.25. The molecule has 1 heterocycles. The fourth-order valence-electron chi connectivity index (χ4n) is 2.95. The van der Waals surface area contributed by atoms with Crippen molar-refractivity contribution in [2.75, 3.05) is 14.2 Å². The third-order valence-electron chi connectivity index (χ3n) is 4.15. The SMILES string of the molecule is COc1cnc(C(O)C2CCCC2(C)C)c(OC)n1. The molecule has 0 aliphatic heterocycles. The van der Waals surface area contributed by atoms with Crippen molar-refractivity contribution in [3.8, 4) is 11.8 Å². The first-order valence-corrected chi connectivity index (χ1v) is 6.62. The van der Waals surface area contributed by atoms with Gasteiger partial charge in [0.05, 0.1) is 20.4 Å². The zero-order chi connectivity index (χ0) is 14.0. The number of ether oxygens (including phenoxy) is 2. The van der Waals surface area contributed by atoms with Crippen molar-refractivity contribution in [3.05, 3.63) is 11.9 Å². The van der Waals surface area contributed by atoms with Gasteiger partial charge in [-0.05, 0) is 24.2 Å². The Hall–Kier alpha value is -1.36. The normalized spacial score (nSPS) is 23.1. The van der Waals surface area contributed by atoms with E-state index in [9.17, 15) is 5.11 Å². The van der Waals surface area contributed by atoms with Crippen LogP contribution >= 0.6 is 0 Å². The van der Waals surface area contributed by atoms with Gasteiger partial charge in [0, 0.05) is 0 Å². The molecule has 5 heteroatoms. The van der Waals surface area contributed by atoms with E-state index in [0.29, 0.717) is 17.5 Å². The van der Waals surface area contributed by atoms with Crippen molar-refractivity contribution in [3.63, 3.8) is 0 Å². The molecule has 0 radical (unpaired) electrons. The maximum atomic E-state index is 10.6. The highest BCUT2D eigenvalue weighted by atomic mass is 16.5. The number of methoxy groups -OCH3 is 2. The minimum Gasteiger partial charge on any atom is -0.480 e. The predicted molar refractivity (Wildman–Crippen MR) is 71.2 cm³/mol. The van der Waals surface area contributed by atoms with Gasteiger partial charge in [0.15, 0.2) is 0 Å². The molecule has 1 aliphatic rings. The summed E-state index contributed by atoms with van der Waals surface area (Å²) in [6.07, 6.45) is 4.14. The fourth-order valence-corrected chi connectivity index (χ4v) is 2.95. The second-order valence-corrected chi connectivity index (χ2v) is 5.74. The number of aliphatic hydroxyl groups excluding tert-OH is 1. The van der Waals surface area contributed by atoms with Crippen LogP contribution in [-0.2, 0) is 0 Å². The van der Waals surface area contributed by atoms with Gasteiger partial charge in [0.2, 0.25) is 11.8 Å². The summed E-state index contributed by atoms with van der Waals surface area (Å²) in [4.78, 5) is 8.45. The molecule has 106 valence electrons. The zero-order valence-corrected chi connectivity index (χ0v) is 12.0. The molecular formula is C14H22N2O3. The first-order valence-electron chi connectivity index (χ1n) is 6.62. The van der Waals surface area contributed by atoms with Gasteiger partial charge >= 0.3 is 0 Å². The Morgan fingerprint density at radius 1 is 1.37 bits per heavy atom. The second kappa shape index (κ2) is 5.33.